The van der Waals surface area contributed by atoms with Gasteiger partial charge in [-0.2, -0.15) is 0 Å². The van der Waals surface area contributed by atoms with Crippen molar-refractivity contribution in [1.29, 1.82) is 0 Å². The number of carbonyl (C=O) groups is 2. The van der Waals surface area contributed by atoms with Crippen LogP contribution in [0.2, 0.25) is 0 Å². The summed E-state index contributed by atoms with van der Waals surface area (Å²) in [4.78, 5) is 28.8. The van der Waals surface area contributed by atoms with E-state index in [1.54, 1.807) is 23.5 Å². The molecule has 2 fully saturated rings. The number of halogens is 1. The van der Waals surface area contributed by atoms with E-state index >= 15 is 0 Å². The van der Waals surface area contributed by atoms with Gasteiger partial charge in [0.15, 0.2) is 0 Å². The molecule has 2 N–H and O–H groups in total. The summed E-state index contributed by atoms with van der Waals surface area (Å²) in [5.41, 5.74) is 1.40. The van der Waals surface area contributed by atoms with Crippen LogP contribution in [0.1, 0.15) is 42.0 Å². The number of alkyl carbamates (subject to hydrolysis) is 1. The highest BCUT2D eigenvalue weighted by Crippen LogP contribution is 2.41. The van der Waals surface area contributed by atoms with Gasteiger partial charge in [-0.15, -0.1) is 11.3 Å². The fourth-order valence-electron chi connectivity index (χ4n) is 4.33. The zero-order valence-electron chi connectivity index (χ0n) is 19.6. The van der Waals surface area contributed by atoms with Gasteiger partial charge in [-0.05, 0) is 50.3 Å². The Morgan fingerprint density at radius 2 is 2.12 bits per heavy atom. The third-order valence-electron chi connectivity index (χ3n) is 6.25. The molecular weight excluding hydrogens is 457 g/mol. The molecule has 4 rings (SSSR count). The minimum absolute atomic E-state index is 0.0202. The van der Waals surface area contributed by atoms with Crippen LogP contribution in [0.15, 0.2) is 30.3 Å². The van der Waals surface area contributed by atoms with E-state index in [-0.39, 0.29) is 23.8 Å². The van der Waals surface area contributed by atoms with E-state index in [0.717, 1.165) is 34.7 Å². The maximum Gasteiger partial charge on any atom is 0.406 e. The van der Waals surface area contributed by atoms with Gasteiger partial charge in [-0.1, -0.05) is 18.2 Å². The van der Waals surface area contributed by atoms with E-state index in [2.05, 4.69) is 15.4 Å². The molecule has 2 amide bonds. The first-order chi connectivity index (χ1) is 16.5. The summed E-state index contributed by atoms with van der Waals surface area (Å²) in [5, 5.41) is 5.93. The van der Waals surface area contributed by atoms with Gasteiger partial charge in [0.25, 0.3) is 5.91 Å². The molecule has 9 heteroatoms. The molecule has 0 bridgehead atoms. The molecular formula is C25H32FN3O4S. The minimum atomic E-state index is -0.466. The molecule has 184 valence electrons. The molecule has 0 spiro atoms. The molecule has 2 heterocycles. The number of carbonyl (C=O) groups excluding carboxylic acids is 2. The predicted octanol–water partition coefficient (Wildman–Crippen LogP) is 3.88. The van der Waals surface area contributed by atoms with E-state index in [9.17, 15) is 14.0 Å². The summed E-state index contributed by atoms with van der Waals surface area (Å²) in [6, 6.07) is 8.87. The highest BCUT2D eigenvalue weighted by atomic mass is 32.1. The number of methoxy groups -OCH3 is 1. The van der Waals surface area contributed by atoms with Crippen molar-refractivity contribution in [3.05, 3.63) is 45.9 Å². The van der Waals surface area contributed by atoms with E-state index in [4.69, 9.17) is 4.74 Å². The smallest absolute Gasteiger partial charge is 0.406 e. The molecule has 1 aromatic carbocycles. The number of aryl methyl sites for hydroxylation is 1. The van der Waals surface area contributed by atoms with Crippen LogP contribution in [0.5, 0.6) is 0 Å². The highest BCUT2D eigenvalue weighted by molar-refractivity contribution is 7.12. The molecule has 2 aliphatic rings. The van der Waals surface area contributed by atoms with E-state index < -0.39 is 12.2 Å². The Labute approximate surface area is 203 Å². The molecule has 7 nitrogen and oxygen atoms in total. The number of nitrogens with one attached hydrogen (secondary N) is 2. The second kappa shape index (κ2) is 11.3. The van der Waals surface area contributed by atoms with Crippen LogP contribution in [0.4, 0.5) is 9.18 Å². The van der Waals surface area contributed by atoms with Gasteiger partial charge in [0.2, 0.25) is 0 Å². The average Bonchev–Trinajstić information content (AvgIpc) is 3.60. The Morgan fingerprint density at radius 1 is 1.32 bits per heavy atom. The monoisotopic (exact) mass is 489 g/mol. The van der Waals surface area contributed by atoms with Crippen LogP contribution in [-0.2, 0) is 20.7 Å². The van der Waals surface area contributed by atoms with Crippen molar-refractivity contribution in [3.63, 3.8) is 0 Å². The lowest BCUT2D eigenvalue weighted by Gasteiger charge is -2.33. The van der Waals surface area contributed by atoms with Crippen molar-refractivity contribution >= 4 is 23.3 Å². The predicted molar refractivity (Wildman–Crippen MR) is 129 cm³/mol. The minimum Gasteiger partial charge on any atom is -0.453 e. The lowest BCUT2D eigenvalue weighted by molar-refractivity contribution is -0.148. The van der Waals surface area contributed by atoms with Gasteiger partial charge >= 0.3 is 6.09 Å². The summed E-state index contributed by atoms with van der Waals surface area (Å²) < 4.78 is 25.1. The SMILES string of the molecule is COC(=O)NCCCc1sc(C(C)N(C(=O)[C@H]2CNCCO2)C2CC2)cc1-c1ccccc1F. The largest absolute Gasteiger partial charge is 0.453 e. The lowest BCUT2D eigenvalue weighted by Crippen LogP contribution is -2.50. The van der Waals surface area contributed by atoms with E-state index in [1.807, 2.05) is 24.0 Å². The van der Waals surface area contributed by atoms with Gasteiger partial charge in [0.05, 0.1) is 19.8 Å². The van der Waals surface area contributed by atoms with Gasteiger partial charge in [0.1, 0.15) is 11.9 Å². The molecule has 34 heavy (non-hydrogen) atoms. The Kier molecular flexibility index (Phi) is 8.18. The maximum atomic E-state index is 14.7. The van der Waals surface area contributed by atoms with Gasteiger partial charge in [-0.25, -0.2) is 9.18 Å². The molecule has 2 atom stereocenters. The number of rotatable bonds is 9. The summed E-state index contributed by atoms with van der Waals surface area (Å²) in [6.45, 7) is 4.33. The molecule has 1 saturated carbocycles. The second-order valence-corrected chi connectivity index (χ2v) is 9.87. The topological polar surface area (TPSA) is 79.9 Å². The average molecular weight is 490 g/mol. The first-order valence-corrected chi connectivity index (χ1v) is 12.6. The van der Waals surface area contributed by atoms with Crippen molar-refractivity contribution in [2.75, 3.05) is 33.4 Å². The Hall–Kier alpha value is -2.49. The number of benzene rings is 1. The van der Waals surface area contributed by atoms with Gasteiger partial charge in [-0.3, -0.25) is 4.79 Å². The first kappa shape index (κ1) is 24.6. The number of ether oxygens (including phenoxy) is 2. The van der Waals surface area contributed by atoms with Gasteiger partial charge < -0.3 is 25.0 Å². The Balaban J connectivity index is 1.58. The highest BCUT2D eigenvalue weighted by Gasteiger charge is 2.40. The van der Waals surface area contributed by atoms with E-state index in [0.29, 0.717) is 38.1 Å². The number of hydrogen-bond donors (Lipinski definition) is 2. The molecule has 1 aromatic heterocycles. The fourth-order valence-corrected chi connectivity index (χ4v) is 5.60. The van der Waals surface area contributed by atoms with Crippen LogP contribution >= 0.6 is 11.3 Å². The van der Waals surface area contributed by atoms with Crippen LogP contribution in [0, 0.1) is 5.82 Å². The van der Waals surface area contributed by atoms with Crippen molar-refractivity contribution in [2.24, 2.45) is 0 Å². The third kappa shape index (κ3) is 5.76. The van der Waals surface area contributed by atoms with Crippen molar-refractivity contribution in [3.8, 4) is 11.1 Å². The third-order valence-corrected chi connectivity index (χ3v) is 7.62. The zero-order valence-corrected chi connectivity index (χ0v) is 20.5. The number of thiophene rings is 1. The normalized spacial score (nSPS) is 18.9. The molecule has 1 unspecified atom stereocenters. The summed E-state index contributed by atoms with van der Waals surface area (Å²) in [7, 11) is 1.33. The van der Waals surface area contributed by atoms with Crippen molar-refractivity contribution in [1.82, 2.24) is 15.5 Å². The van der Waals surface area contributed by atoms with Crippen molar-refractivity contribution in [2.45, 2.75) is 50.8 Å². The number of amides is 2. The van der Waals surface area contributed by atoms with Crippen LogP contribution < -0.4 is 10.6 Å². The standard InChI is InChI=1S/C25H32FN3O4S/c1-16(29(17-9-10-17)24(30)21-15-27-12-13-33-21)23-14-19(18-6-3-4-7-20(18)26)22(34-23)8-5-11-28-25(31)32-2/h3-4,6-7,14,16-17,21,27H,5,8-13,15H2,1-2H3,(H,28,31)/t16?,21-/m1/s1. The number of morpholine rings is 1. The summed E-state index contributed by atoms with van der Waals surface area (Å²) in [6.07, 6.45) is 2.43. The van der Waals surface area contributed by atoms with E-state index in [1.165, 1.54) is 13.2 Å². The van der Waals surface area contributed by atoms with Crippen molar-refractivity contribution < 1.29 is 23.5 Å². The zero-order chi connectivity index (χ0) is 24.1. The summed E-state index contributed by atoms with van der Waals surface area (Å²) >= 11 is 1.61. The molecule has 2 aromatic rings. The Morgan fingerprint density at radius 3 is 2.79 bits per heavy atom. The molecule has 1 aliphatic carbocycles. The molecule has 0 radical (unpaired) electrons. The maximum absolute atomic E-state index is 14.7. The quantitative estimate of drug-likeness (QED) is 0.523. The summed E-state index contributed by atoms with van der Waals surface area (Å²) in [5.74, 6) is -0.253. The first-order valence-electron chi connectivity index (χ1n) is 11.8. The lowest BCUT2D eigenvalue weighted by atomic mass is 10.0. The van der Waals surface area contributed by atoms with Gasteiger partial charge in [0, 0.05) is 41.0 Å². The number of hydrogen-bond acceptors (Lipinski definition) is 6. The second-order valence-electron chi connectivity index (χ2n) is 8.70. The van der Waals surface area contributed by atoms with Crippen LogP contribution in [0.25, 0.3) is 11.1 Å². The Bertz CT molecular complexity index is 1000. The van der Waals surface area contributed by atoms with Crippen LogP contribution in [0.3, 0.4) is 0 Å². The number of nitrogens with zero attached hydrogens (tertiary/aromatic N) is 1. The fraction of sp³-hybridized carbons (Fsp3) is 0.520. The molecule has 1 aliphatic heterocycles. The molecule has 1 saturated heterocycles. The van der Waals surface area contributed by atoms with Crippen LogP contribution in [-0.4, -0.2) is 62.4 Å².